The second kappa shape index (κ2) is 9.99. The number of ether oxygens (including phenoxy) is 1. The number of aromatic amines is 1. The first-order chi connectivity index (χ1) is 19.7. The summed E-state index contributed by atoms with van der Waals surface area (Å²) in [6, 6.07) is 5.34. The van der Waals surface area contributed by atoms with Gasteiger partial charge in [-0.2, -0.15) is 15.1 Å². The van der Waals surface area contributed by atoms with Crippen molar-refractivity contribution in [1.82, 2.24) is 30.4 Å². The van der Waals surface area contributed by atoms with Gasteiger partial charge in [0.15, 0.2) is 0 Å². The maximum absolute atomic E-state index is 14.9. The van der Waals surface area contributed by atoms with Gasteiger partial charge in [-0.3, -0.25) is 5.10 Å². The Morgan fingerprint density at radius 3 is 2.83 bits per heavy atom. The first-order valence-electron chi connectivity index (χ1n) is 14.0. The third-order valence-electron chi connectivity index (χ3n) is 9.09. The van der Waals surface area contributed by atoms with Crippen molar-refractivity contribution in [2.45, 2.75) is 56.7 Å². The fraction of sp³-hybridized carbons (Fsp3) is 0.483. The number of H-pyrrole nitrogens is 1. The predicted molar refractivity (Wildman–Crippen MR) is 153 cm³/mol. The van der Waals surface area contributed by atoms with E-state index in [1.54, 1.807) is 19.2 Å². The maximum Gasteiger partial charge on any atom is 0.319 e. The molecule has 0 radical (unpaired) electrons. The van der Waals surface area contributed by atoms with Crippen LogP contribution in [0.2, 0.25) is 5.02 Å². The van der Waals surface area contributed by atoms with Crippen molar-refractivity contribution in [2.24, 2.45) is 0 Å². The second-order valence-corrected chi connectivity index (χ2v) is 12.1. The van der Waals surface area contributed by atoms with Crippen LogP contribution < -0.4 is 15.0 Å². The number of rotatable bonds is 6. The number of likely N-dealkylation sites (tertiary alicyclic amines) is 1. The largest absolute Gasteiger partial charge is 0.462 e. The van der Waals surface area contributed by atoms with Crippen molar-refractivity contribution in [3.63, 3.8) is 0 Å². The van der Waals surface area contributed by atoms with Gasteiger partial charge in [-0.25, -0.2) is 13.2 Å². The summed E-state index contributed by atoms with van der Waals surface area (Å²) < 4.78 is 49.7. The summed E-state index contributed by atoms with van der Waals surface area (Å²) in [5.41, 5.74) is 1.46. The molecule has 0 spiro atoms. The van der Waals surface area contributed by atoms with Crippen molar-refractivity contribution in [3.8, 4) is 17.1 Å². The van der Waals surface area contributed by atoms with Gasteiger partial charge >= 0.3 is 6.01 Å². The summed E-state index contributed by atoms with van der Waals surface area (Å²) in [7, 11) is 2.07. The lowest BCUT2D eigenvalue weighted by molar-refractivity contribution is 0.0367. The van der Waals surface area contributed by atoms with Crippen molar-refractivity contribution in [1.29, 1.82) is 0 Å². The number of alkyl halides is 2. The molecule has 4 aromatic rings. The van der Waals surface area contributed by atoms with E-state index < -0.39 is 12.0 Å². The number of nitrogens with one attached hydrogen (secondary N) is 2. The van der Waals surface area contributed by atoms with Gasteiger partial charge in [0.1, 0.15) is 18.2 Å². The summed E-state index contributed by atoms with van der Waals surface area (Å²) in [5.74, 6) is 0.135. The molecule has 8 nitrogen and oxygen atoms in total. The lowest BCUT2D eigenvalue weighted by Gasteiger charge is -2.41. The van der Waals surface area contributed by atoms with Crippen LogP contribution in [0.15, 0.2) is 24.4 Å². The normalized spacial score (nSPS) is 24.8. The van der Waals surface area contributed by atoms with E-state index in [9.17, 15) is 13.2 Å². The summed E-state index contributed by atoms with van der Waals surface area (Å²) in [6.07, 6.45) is 2.33. The molecule has 2 N–H and O–H groups in total. The van der Waals surface area contributed by atoms with Crippen molar-refractivity contribution in [2.75, 3.05) is 38.2 Å². The van der Waals surface area contributed by atoms with Crippen molar-refractivity contribution < 1.29 is 17.9 Å². The fourth-order valence-corrected chi connectivity index (χ4v) is 7.05. The minimum absolute atomic E-state index is 0.0710. The van der Waals surface area contributed by atoms with Gasteiger partial charge in [-0.05, 0) is 70.0 Å². The zero-order chi connectivity index (χ0) is 28.5. The number of halogens is 4. The second-order valence-electron chi connectivity index (χ2n) is 11.7. The first-order valence-corrected chi connectivity index (χ1v) is 14.4. The van der Waals surface area contributed by atoms with Crippen LogP contribution in [0.4, 0.5) is 19.0 Å². The van der Waals surface area contributed by atoms with E-state index in [0.717, 1.165) is 24.8 Å². The number of fused-ring (bicyclic) bond motifs is 4. The van der Waals surface area contributed by atoms with Gasteiger partial charge in [0.25, 0.3) is 6.43 Å². The molecular weight excluding hydrogens is 555 g/mol. The molecule has 5 heterocycles. The first kappa shape index (κ1) is 26.7. The van der Waals surface area contributed by atoms with Gasteiger partial charge in [0.05, 0.1) is 22.8 Å². The molecule has 3 aliphatic rings. The molecule has 0 aliphatic carbocycles. The van der Waals surface area contributed by atoms with Crippen molar-refractivity contribution >= 4 is 39.2 Å². The Balaban J connectivity index is 1.37. The number of benzene rings is 2. The third kappa shape index (κ3) is 4.49. The molecule has 2 bridgehead atoms. The van der Waals surface area contributed by atoms with E-state index in [2.05, 4.69) is 27.5 Å². The summed E-state index contributed by atoms with van der Waals surface area (Å²) in [5, 5.41) is 11.8. The smallest absolute Gasteiger partial charge is 0.319 e. The molecule has 0 saturated carbocycles. The SMILES string of the molecule is Cc1c(F)cc2[nH]ncc2c1-c1cc2nc(OCC3CCCN3C)nc(N3CC4CCC(C(F)F)(C3)N4)c2cc1Cl. The van der Waals surface area contributed by atoms with Crippen LogP contribution in [0.3, 0.4) is 0 Å². The van der Waals surface area contributed by atoms with Gasteiger partial charge in [-0.1, -0.05) is 11.6 Å². The maximum atomic E-state index is 14.9. The van der Waals surface area contributed by atoms with Crippen LogP contribution in [0, 0.1) is 12.7 Å². The predicted octanol–water partition coefficient (Wildman–Crippen LogP) is 5.32. The molecule has 2 aromatic heterocycles. The summed E-state index contributed by atoms with van der Waals surface area (Å²) in [4.78, 5) is 13.7. The molecule has 3 fully saturated rings. The molecule has 3 saturated heterocycles. The van der Waals surface area contributed by atoms with Gasteiger partial charge < -0.3 is 19.9 Å². The summed E-state index contributed by atoms with van der Waals surface area (Å²) >= 11 is 6.89. The van der Waals surface area contributed by atoms with Gasteiger partial charge in [0.2, 0.25) is 0 Å². The van der Waals surface area contributed by atoms with E-state index in [0.29, 0.717) is 69.9 Å². The van der Waals surface area contributed by atoms with Crippen LogP contribution in [0.1, 0.15) is 31.2 Å². The Bertz CT molecular complexity index is 1650. The molecule has 3 unspecified atom stereocenters. The molecule has 2 aromatic carbocycles. The highest BCUT2D eigenvalue weighted by molar-refractivity contribution is 6.35. The molecule has 7 rings (SSSR count). The van der Waals surface area contributed by atoms with Crippen LogP contribution in [0.5, 0.6) is 6.01 Å². The van der Waals surface area contributed by atoms with Crippen molar-refractivity contribution in [3.05, 3.63) is 40.8 Å². The highest BCUT2D eigenvalue weighted by atomic mass is 35.5. The van der Waals surface area contributed by atoms with Crippen LogP contribution in [-0.2, 0) is 0 Å². The Kier molecular flexibility index (Phi) is 6.51. The zero-order valence-corrected chi connectivity index (χ0v) is 23.6. The summed E-state index contributed by atoms with van der Waals surface area (Å²) in [6.45, 7) is 3.77. The quantitative estimate of drug-likeness (QED) is 0.317. The van der Waals surface area contributed by atoms with E-state index in [1.807, 2.05) is 11.0 Å². The Morgan fingerprint density at radius 1 is 1.20 bits per heavy atom. The third-order valence-corrected chi connectivity index (χ3v) is 9.41. The minimum Gasteiger partial charge on any atom is -0.462 e. The number of likely N-dealkylation sites (N-methyl/N-ethyl adjacent to an activating group) is 1. The Morgan fingerprint density at radius 2 is 2.05 bits per heavy atom. The number of piperazine rings is 1. The van der Waals surface area contributed by atoms with Crippen LogP contribution >= 0.6 is 11.6 Å². The van der Waals surface area contributed by atoms with E-state index in [4.69, 9.17) is 26.3 Å². The standard InChI is InChI=1S/C29H31ClF3N7O/c1-15-22(31)10-24-20(11-34-38-24)25(15)18-9-23-19(8-21(18)30)26(36-28(35-23)41-13-17-4-3-7-39(17)2)40-12-16-5-6-29(14-40,37-16)27(32)33/h8-11,16-17,27,37H,3-7,12-14H2,1-2H3,(H,34,38). The molecule has 41 heavy (non-hydrogen) atoms. The topological polar surface area (TPSA) is 82.2 Å². The number of hydrogen-bond acceptors (Lipinski definition) is 7. The van der Waals surface area contributed by atoms with Gasteiger partial charge in [0, 0.05) is 52.1 Å². The van der Waals surface area contributed by atoms with Gasteiger partial charge in [-0.15, -0.1) is 0 Å². The Hall–Kier alpha value is -3.15. The average Bonchev–Trinajstić information content (AvgIpc) is 3.66. The average molecular weight is 586 g/mol. The highest BCUT2D eigenvalue weighted by Crippen LogP contribution is 2.42. The van der Waals surface area contributed by atoms with E-state index in [1.165, 1.54) is 6.07 Å². The molecule has 12 heteroatoms. The van der Waals surface area contributed by atoms with E-state index >= 15 is 0 Å². The van der Waals surface area contributed by atoms with Crippen LogP contribution in [0.25, 0.3) is 32.9 Å². The molecular formula is C29H31ClF3N7O. The van der Waals surface area contributed by atoms with E-state index in [-0.39, 0.29) is 30.5 Å². The lowest BCUT2D eigenvalue weighted by atomic mass is 9.95. The number of anilines is 1. The molecule has 216 valence electrons. The zero-order valence-electron chi connectivity index (χ0n) is 22.9. The molecule has 3 aliphatic heterocycles. The number of nitrogens with zero attached hydrogens (tertiary/aromatic N) is 5. The fourth-order valence-electron chi connectivity index (χ4n) is 6.80. The monoisotopic (exact) mass is 585 g/mol. The number of hydrogen-bond donors (Lipinski definition) is 2. The Labute approximate surface area is 240 Å². The van der Waals surface area contributed by atoms with Crippen LogP contribution in [-0.4, -0.2) is 82.4 Å². The number of aromatic nitrogens is 4. The molecule has 0 amide bonds. The lowest BCUT2D eigenvalue weighted by Crippen LogP contribution is -2.63. The molecule has 3 atom stereocenters. The minimum atomic E-state index is -2.51. The highest BCUT2D eigenvalue weighted by Gasteiger charge is 2.51.